The number of nitrogens with one attached hydrogen (secondary N) is 4. The van der Waals surface area contributed by atoms with Gasteiger partial charge in [-0.05, 0) is 61.1 Å². The normalized spacial score (nSPS) is 17.4. The van der Waals surface area contributed by atoms with Gasteiger partial charge in [0.2, 0.25) is 35.4 Å². The standard InChI is InChI=1S/C42H61N7O13/c1-23(2)13-11-9-7-8-10-12-14-34(52)47(5)32(22-50)40(57)44-24(3)38(55)43-21-35(53)48(6)36-27-15-16-33(51)28(20-27)29-17-26(19-31(37(29)54)49(61)62)18-30(42(59)60)46-39(56)25(4)45-41(36)58/h15-17,19-20,23-25,30,32,36,50-51,54,61-62H,7-14,18,21-22H2,1-6H3,(H,43,55)(H,44,57)(H,45,58)(H,46,56)(H,59,60)/p-1/t24-,25+,30+,32-,36+/m1/s1. The van der Waals surface area contributed by atoms with Gasteiger partial charge in [-0.3, -0.25) is 39.2 Å². The van der Waals surface area contributed by atoms with Gasteiger partial charge in [-0.2, -0.15) is 0 Å². The number of carbonyl (C=O) groups excluding carboxylic acids is 6. The molecule has 6 amide bonds. The number of hydrogen-bond donors (Lipinski definition) is 9. The predicted octanol–water partition coefficient (Wildman–Crippen LogP) is 1.06. The Morgan fingerprint density at radius 1 is 0.871 bits per heavy atom. The van der Waals surface area contributed by atoms with Crippen LogP contribution in [0.15, 0.2) is 30.3 Å². The first-order valence-corrected chi connectivity index (χ1v) is 20.6. The fraction of sp³-hybridized carbons (Fsp3) is 0.548. The minimum Gasteiger partial charge on any atom is -0.871 e. The van der Waals surface area contributed by atoms with Crippen LogP contribution in [-0.4, -0.2) is 128 Å². The summed E-state index contributed by atoms with van der Waals surface area (Å²) in [5.41, 5.74) is -1.27. The number of unbranched alkanes of at least 4 members (excludes halogenated alkanes) is 5. The Bertz CT molecular complexity index is 1940. The van der Waals surface area contributed by atoms with Gasteiger partial charge in [0.05, 0.1) is 18.8 Å². The molecule has 0 unspecified atom stereocenters. The molecule has 0 aliphatic carbocycles. The van der Waals surface area contributed by atoms with Crippen LogP contribution in [-0.2, 0) is 40.0 Å². The highest BCUT2D eigenvalue weighted by Gasteiger charge is 2.34. The molecule has 0 saturated heterocycles. The Hall–Kier alpha value is -5.99. The third-order valence-electron chi connectivity index (χ3n) is 10.7. The lowest BCUT2D eigenvalue weighted by Gasteiger charge is -2.31. The molecule has 2 aromatic carbocycles. The number of phenols is 1. The van der Waals surface area contributed by atoms with Crippen molar-refractivity contribution in [3.63, 3.8) is 0 Å². The molecule has 2 aromatic rings. The lowest BCUT2D eigenvalue weighted by atomic mass is 9.93. The van der Waals surface area contributed by atoms with E-state index in [9.17, 15) is 64.4 Å². The quantitative estimate of drug-likeness (QED) is 0.0705. The minimum atomic E-state index is -1.63. The van der Waals surface area contributed by atoms with Gasteiger partial charge in [-0.25, -0.2) is 4.79 Å². The first kappa shape index (κ1) is 50.4. The van der Waals surface area contributed by atoms with Crippen molar-refractivity contribution in [2.24, 2.45) is 5.92 Å². The molecular weight excluding hydrogens is 810 g/mol. The fourth-order valence-electron chi connectivity index (χ4n) is 6.95. The zero-order chi connectivity index (χ0) is 46.4. The van der Waals surface area contributed by atoms with Crippen molar-refractivity contribution < 1.29 is 64.4 Å². The van der Waals surface area contributed by atoms with Gasteiger partial charge >= 0.3 is 5.97 Å². The van der Waals surface area contributed by atoms with Gasteiger partial charge in [-0.1, -0.05) is 70.3 Å². The summed E-state index contributed by atoms with van der Waals surface area (Å²) in [6.07, 6.45) is 6.74. The molecule has 0 fully saturated rings. The van der Waals surface area contributed by atoms with Crippen LogP contribution in [0.5, 0.6) is 11.5 Å². The molecule has 1 aliphatic heterocycles. The summed E-state index contributed by atoms with van der Waals surface area (Å²) in [5, 5.41) is 72.9. The summed E-state index contributed by atoms with van der Waals surface area (Å²) in [4.78, 5) is 93.9. The number of likely N-dealkylation sites (N-methyl/N-ethyl adjacent to an activating group) is 2. The second-order valence-corrected chi connectivity index (χ2v) is 16.0. The highest BCUT2D eigenvalue weighted by molar-refractivity contribution is 5.96. The van der Waals surface area contributed by atoms with E-state index in [4.69, 9.17) is 0 Å². The van der Waals surface area contributed by atoms with Gasteiger partial charge in [0, 0.05) is 32.5 Å². The molecule has 20 heteroatoms. The maximum absolute atomic E-state index is 13.9. The van der Waals surface area contributed by atoms with Gasteiger partial charge in [0.15, 0.2) is 0 Å². The molecule has 3 rings (SSSR count). The Morgan fingerprint density at radius 2 is 1.52 bits per heavy atom. The molecule has 0 saturated carbocycles. The maximum Gasteiger partial charge on any atom is 0.326 e. The molecule has 62 heavy (non-hydrogen) atoms. The largest absolute Gasteiger partial charge is 0.871 e. The molecule has 5 atom stereocenters. The van der Waals surface area contributed by atoms with E-state index < -0.39 is 108 Å². The van der Waals surface area contributed by atoms with E-state index in [0.717, 1.165) is 47.6 Å². The third-order valence-corrected chi connectivity index (χ3v) is 10.7. The second kappa shape index (κ2) is 23.3. The summed E-state index contributed by atoms with van der Waals surface area (Å²) in [6.45, 7) is 5.53. The zero-order valence-electron chi connectivity index (χ0n) is 36.0. The second-order valence-electron chi connectivity index (χ2n) is 16.0. The summed E-state index contributed by atoms with van der Waals surface area (Å²) in [7, 11) is 2.59. The number of aliphatic hydroxyl groups excluding tert-OH is 1. The van der Waals surface area contributed by atoms with Crippen LogP contribution in [0.1, 0.15) is 96.2 Å². The molecule has 9 N–H and O–H groups in total. The molecule has 1 aliphatic rings. The maximum atomic E-state index is 13.9. The van der Waals surface area contributed by atoms with E-state index in [2.05, 4.69) is 35.1 Å². The topological polar surface area (TPSA) is 302 Å². The lowest BCUT2D eigenvalue weighted by molar-refractivity contribution is -0.267. The summed E-state index contributed by atoms with van der Waals surface area (Å²) >= 11 is 0. The first-order chi connectivity index (χ1) is 29.2. The number of nitrogens with zero attached hydrogens (tertiary/aromatic N) is 3. The average molecular weight is 871 g/mol. The van der Waals surface area contributed by atoms with Crippen molar-refractivity contribution >= 4 is 47.1 Å². The van der Waals surface area contributed by atoms with Crippen molar-refractivity contribution in [3.05, 3.63) is 41.5 Å². The van der Waals surface area contributed by atoms with E-state index >= 15 is 0 Å². The number of carbonyl (C=O) groups is 7. The Morgan fingerprint density at radius 3 is 2.13 bits per heavy atom. The Balaban J connectivity index is 1.77. The number of phenolic OH excluding ortho intramolecular Hbond substituents is 1. The highest BCUT2D eigenvalue weighted by Crippen LogP contribution is 2.42. The minimum absolute atomic E-state index is 0.00629. The van der Waals surface area contributed by atoms with E-state index in [-0.39, 0.29) is 34.6 Å². The number of aromatic hydroxyl groups is 1. The van der Waals surface area contributed by atoms with E-state index in [0.29, 0.717) is 12.3 Å². The number of amides is 6. The monoisotopic (exact) mass is 870 g/mol. The number of hydrogen-bond acceptors (Lipinski definition) is 13. The summed E-state index contributed by atoms with van der Waals surface area (Å²) < 4.78 is 0. The number of carboxylic acid groups (broad SMARTS) is 1. The molecule has 342 valence electrons. The van der Waals surface area contributed by atoms with E-state index in [1.165, 1.54) is 59.0 Å². The van der Waals surface area contributed by atoms with Crippen LogP contribution in [0.3, 0.4) is 0 Å². The molecule has 0 radical (unpaired) electrons. The van der Waals surface area contributed by atoms with Crippen LogP contribution < -0.4 is 31.6 Å². The number of carboxylic acids is 1. The SMILES string of the molecule is CC(C)CCCCCCCCC(=O)N(C)[C@H](CO)C(=O)N[C@H](C)C(=O)NCC(=O)N(C)[C@@H]1C(=O)N[C@@H](C)C(=O)N[C@H](C(=O)O)Cc2cc(c([O-])c(N(O)O)c2)-c2cc1ccc2O. The molecule has 0 aromatic heterocycles. The number of fused-ring (bicyclic) bond motifs is 5. The smallest absolute Gasteiger partial charge is 0.326 e. The third kappa shape index (κ3) is 13.8. The molecule has 1 heterocycles. The molecule has 4 bridgehead atoms. The summed E-state index contributed by atoms with van der Waals surface area (Å²) in [6, 6.07) is -1.42. The Labute approximate surface area is 360 Å². The predicted molar refractivity (Wildman–Crippen MR) is 221 cm³/mol. The molecule has 20 nitrogen and oxygen atoms in total. The number of aliphatic hydroxyl groups is 1. The van der Waals surface area contributed by atoms with Crippen LogP contribution >= 0.6 is 0 Å². The van der Waals surface area contributed by atoms with Gasteiger partial charge in [0.1, 0.15) is 36.0 Å². The van der Waals surface area contributed by atoms with Crippen LogP contribution in [0.2, 0.25) is 0 Å². The van der Waals surface area contributed by atoms with E-state index in [1.54, 1.807) is 0 Å². The van der Waals surface area contributed by atoms with E-state index in [1.807, 2.05) is 0 Å². The fourth-order valence-corrected chi connectivity index (χ4v) is 6.95. The van der Waals surface area contributed by atoms with Crippen molar-refractivity contribution in [1.29, 1.82) is 0 Å². The van der Waals surface area contributed by atoms with Gasteiger partial charge < -0.3 is 51.5 Å². The van der Waals surface area contributed by atoms with Crippen LogP contribution in [0.4, 0.5) is 5.69 Å². The van der Waals surface area contributed by atoms with Crippen LogP contribution in [0.25, 0.3) is 11.1 Å². The van der Waals surface area contributed by atoms with Crippen molar-refractivity contribution in [1.82, 2.24) is 31.1 Å². The lowest BCUT2D eigenvalue weighted by Crippen LogP contribution is -2.55. The average Bonchev–Trinajstić information content (AvgIpc) is 3.20. The number of aliphatic carboxylic acids is 1. The van der Waals surface area contributed by atoms with Gasteiger partial charge in [0.25, 0.3) is 0 Å². The number of anilines is 1. The first-order valence-electron chi connectivity index (χ1n) is 20.6. The molecule has 0 spiro atoms. The number of benzene rings is 2. The highest BCUT2D eigenvalue weighted by atomic mass is 16.8. The van der Waals surface area contributed by atoms with Crippen molar-refractivity contribution in [3.8, 4) is 22.6 Å². The Kier molecular flexibility index (Phi) is 18.9. The summed E-state index contributed by atoms with van der Waals surface area (Å²) in [5.74, 6) is -7.11. The van der Waals surface area contributed by atoms with Crippen molar-refractivity contribution in [2.75, 3.05) is 32.5 Å². The van der Waals surface area contributed by atoms with Crippen LogP contribution in [0, 0.1) is 5.92 Å². The zero-order valence-corrected chi connectivity index (χ0v) is 36.0. The van der Waals surface area contributed by atoms with Crippen molar-refractivity contribution in [2.45, 2.75) is 116 Å². The van der Waals surface area contributed by atoms with Gasteiger partial charge in [-0.15, -0.1) is 5.23 Å². The number of rotatable bonds is 19. The molecular formula is C42H60N7O13-.